The van der Waals surface area contributed by atoms with Gasteiger partial charge in [-0.05, 0) is 32.8 Å². The number of hydrogen-bond acceptors (Lipinski definition) is 4. The van der Waals surface area contributed by atoms with Crippen molar-refractivity contribution in [1.29, 1.82) is 0 Å². The van der Waals surface area contributed by atoms with Crippen molar-refractivity contribution < 1.29 is 9.29 Å². The van der Waals surface area contributed by atoms with Crippen LogP contribution in [0.1, 0.15) is 24.0 Å². The second-order valence-corrected chi connectivity index (χ2v) is 9.02. The standard InChI is InChI=1S/C18H26N2O2S/c1-14-3-4-17(15(2)9-14)23(21)20-12-18(13-20)10-19(11-18)16-5-7-22-8-6-16/h3-4,9,16H,5-8,10-13H2,1-2H3. The van der Waals surface area contributed by atoms with Gasteiger partial charge in [-0.25, -0.2) is 0 Å². The third-order valence-electron chi connectivity index (χ3n) is 5.56. The molecule has 0 aromatic heterocycles. The molecule has 1 aromatic rings. The van der Waals surface area contributed by atoms with Crippen molar-refractivity contribution in [2.45, 2.75) is 37.6 Å². The van der Waals surface area contributed by atoms with Crippen molar-refractivity contribution in [3.63, 3.8) is 0 Å². The number of hydrogen-bond donors (Lipinski definition) is 0. The summed E-state index contributed by atoms with van der Waals surface area (Å²) in [6.45, 7) is 10.3. The Morgan fingerprint density at radius 1 is 1.13 bits per heavy atom. The number of rotatable bonds is 3. The lowest BCUT2D eigenvalue weighted by Crippen LogP contribution is -2.74. The average Bonchev–Trinajstić information content (AvgIpc) is 2.45. The molecule has 126 valence electrons. The Balaban J connectivity index is 1.31. The summed E-state index contributed by atoms with van der Waals surface area (Å²) in [7, 11) is 0. The first-order valence-corrected chi connectivity index (χ1v) is 9.73. The molecule has 1 aromatic carbocycles. The SMILES string of the molecule is Cc1ccc([S+]([O-])N2CC3(CN(C4CCOCC4)C3)C2)c(C)c1. The van der Waals surface area contributed by atoms with Crippen molar-refractivity contribution in [3.8, 4) is 0 Å². The first kappa shape index (κ1) is 15.9. The highest BCUT2D eigenvalue weighted by atomic mass is 32.2. The highest BCUT2D eigenvalue weighted by Gasteiger charge is 2.57. The predicted octanol–water partition coefficient (Wildman–Crippen LogP) is 2.12. The summed E-state index contributed by atoms with van der Waals surface area (Å²) in [5.74, 6) is 0. The molecule has 3 aliphatic heterocycles. The minimum atomic E-state index is -0.997. The van der Waals surface area contributed by atoms with E-state index in [1.165, 1.54) is 31.5 Å². The van der Waals surface area contributed by atoms with E-state index in [0.29, 0.717) is 11.5 Å². The van der Waals surface area contributed by atoms with Gasteiger partial charge >= 0.3 is 0 Å². The van der Waals surface area contributed by atoms with Crippen LogP contribution in [0.5, 0.6) is 0 Å². The monoisotopic (exact) mass is 334 g/mol. The molecule has 5 heteroatoms. The van der Waals surface area contributed by atoms with Gasteiger partial charge in [-0.3, -0.25) is 4.90 Å². The maximum absolute atomic E-state index is 12.8. The van der Waals surface area contributed by atoms with E-state index < -0.39 is 11.4 Å². The van der Waals surface area contributed by atoms with E-state index in [0.717, 1.165) is 36.8 Å². The Morgan fingerprint density at radius 2 is 1.83 bits per heavy atom. The fourth-order valence-corrected chi connectivity index (χ4v) is 5.86. The molecule has 3 saturated heterocycles. The number of likely N-dealkylation sites (tertiary alicyclic amines) is 1. The number of nitrogens with zero attached hydrogens (tertiary/aromatic N) is 2. The molecule has 0 radical (unpaired) electrons. The second-order valence-electron chi connectivity index (χ2n) is 7.56. The van der Waals surface area contributed by atoms with Crippen LogP contribution in [0.2, 0.25) is 0 Å². The molecule has 3 heterocycles. The summed E-state index contributed by atoms with van der Waals surface area (Å²) in [5, 5.41) is 0. The first-order chi connectivity index (χ1) is 11.1. The molecule has 4 rings (SSSR count). The van der Waals surface area contributed by atoms with E-state index in [2.05, 4.69) is 35.2 Å². The van der Waals surface area contributed by atoms with Crippen LogP contribution in [0.25, 0.3) is 0 Å². The van der Waals surface area contributed by atoms with E-state index >= 15 is 0 Å². The van der Waals surface area contributed by atoms with Crippen LogP contribution in [-0.2, 0) is 16.1 Å². The lowest BCUT2D eigenvalue weighted by atomic mass is 9.73. The van der Waals surface area contributed by atoms with Gasteiger partial charge in [0.25, 0.3) is 0 Å². The van der Waals surface area contributed by atoms with Gasteiger partial charge in [0, 0.05) is 43.3 Å². The van der Waals surface area contributed by atoms with E-state index in [1.54, 1.807) is 0 Å². The van der Waals surface area contributed by atoms with Crippen molar-refractivity contribution in [2.24, 2.45) is 5.41 Å². The van der Waals surface area contributed by atoms with Crippen LogP contribution in [0, 0.1) is 19.3 Å². The Hall–Kier alpha value is -0.590. The van der Waals surface area contributed by atoms with Crippen LogP contribution in [0.4, 0.5) is 0 Å². The van der Waals surface area contributed by atoms with Crippen molar-refractivity contribution in [2.75, 3.05) is 39.4 Å². The lowest BCUT2D eigenvalue weighted by molar-refractivity contribution is -0.116. The normalized spacial score (nSPS) is 26.7. The van der Waals surface area contributed by atoms with Gasteiger partial charge in [-0.15, -0.1) is 4.31 Å². The van der Waals surface area contributed by atoms with Crippen molar-refractivity contribution in [3.05, 3.63) is 29.3 Å². The van der Waals surface area contributed by atoms with E-state index in [1.807, 2.05) is 6.07 Å². The van der Waals surface area contributed by atoms with Crippen molar-refractivity contribution in [1.82, 2.24) is 9.21 Å². The van der Waals surface area contributed by atoms with Gasteiger partial charge in [-0.1, -0.05) is 17.7 Å². The molecule has 0 aliphatic carbocycles. The zero-order valence-corrected chi connectivity index (χ0v) is 14.9. The number of aryl methyl sites for hydroxylation is 2. The van der Waals surface area contributed by atoms with E-state index in [-0.39, 0.29) is 0 Å². The molecule has 0 N–H and O–H groups in total. The van der Waals surface area contributed by atoms with Gasteiger partial charge < -0.3 is 9.29 Å². The second kappa shape index (κ2) is 6.05. The lowest BCUT2D eigenvalue weighted by Gasteiger charge is -2.60. The van der Waals surface area contributed by atoms with Crippen molar-refractivity contribution >= 4 is 11.4 Å². The van der Waals surface area contributed by atoms with Gasteiger partial charge in [0.15, 0.2) is 4.90 Å². The molecule has 0 amide bonds. The molecule has 3 aliphatic rings. The average molecular weight is 334 g/mol. The van der Waals surface area contributed by atoms with Crippen LogP contribution in [0.15, 0.2) is 23.1 Å². The topological polar surface area (TPSA) is 38.8 Å². The first-order valence-electron chi connectivity index (χ1n) is 8.62. The summed E-state index contributed by atoms with van der Waals surface area (Å²) in [6.07, 6.45) is 2.35. The van der Waals surface area contributed by atoms with E-state index in [9.17, 15) is 4.55 Å². The Labute approximate surface area is 142 Å². The van der Waals surface area contributed by atoms with Crippen LogP contribution < -0.4 is 0 Å². The maximum Gasteiger partial charge on any atom is 0.177 e. The fourth-order valence-electron chi connectivity index (χ4n) is 4.28. The molecule has 1 unspecified atom stereocenters. The van der Waals surface area contributed by atoms with Gasteiger partial charge in [-0.2, -0.15) is 0 Å². The zero-order valence-electron chi connectivity index (χ0n) is 14.1. The highest BCUT2D eigenvalue weighted by Crippen LogP contribution is 2.44. The zero-order chi connectivity index (χ0) is 16.0. The molecule has 3 fully saturated rings. The van der Waals surface area contributed by atoms with Crippen LogP contribution >= 0.6 is 0 Å². The van der Waals surface area contributed by atoms with Gasteiger partial charge in [0.1, 0.15) is 0 Å². The summed E-state index contributed by atoms with van der Waals surface area (Å²) in [6, 6.07) is 6.93. The molecular formula is C18H26N2O2S. The van der Waals surface area contributed by atoms with E-state index in [4.69, 9.17) is 4.74 Å². The Bertz CT molecular complexity index is 574. The largest absolute Gasteiger partial charge is 0.593 e. The molecule has 1 spiro atoms. The molecule has 4 nitrogen and oxygen atoms in total. The molecule has 0 saturated carbocycles. The highest BCUT2D eigenvalue weighted by molar-refractivity contribution is 7.89. The summed E-state index contributed by atoms with van der Waals surface area (Å²) in [4.78, 5) is 3.59. The van der Waals surface area contributed by atoms with Gasteiger partial charge in [0.2, 0.25) is 0 Å². The smallest absolute Gasteiger partial charge is 0.177 e. The number of ether oxygens (including phenoxy) is 1. The minimum absolute atomic E-state index is 0.409. The molecule has 23 heavy (non-hydrogen) atoms. The maximum atomic E-state index is 12.8. The van der Waals surface area contributed by atoms with Crippen LogP contribution in [0.3, 0.4) is 0 Å². The fraction of sp³-hybridized carbons (Fsp3) is 0.667. The minimum Gasteiger partial charge on any atom is -0.593 e. The third kappa shape index (κ3) is 2.94. The molecule has 1 atom stereocenters. The summed E-state index contributed by atoms with van der Waals surface area (Å²) >= 11 is -0.997. The third-order valence-corrected chi connectivity index (χ3v) is 7.12. The predicted molar refractivity (Wildman–Crippen MR) is 91.7 cm³/mol. The van der Waals surface area contributed by atoms with Crippen LogP contribution in [-0.4, -0.2) is 59.2 Å². The quantitative estimate of drug-likeness (QED) is 0.794. The summed E-state index contributed by atoms with van der Waals surface area (Å²) < 4.78 is 20.4. The molecular weight excluding hydrogens is 308 g/mol. The summed E-state index contributed by atoms with van der Waals surface area (Å²) in [5.41, 5.74) is 2.78. The molecule has 0 bridgehead atoms. The Kier molecular flexibility index (Phi) is 4.18. The number of benzene rings is 1. The Morgan fingerprint density at radius 3 is 2.48 bits per heavy atom. The van der Waals surface area contributed by atoms with Gasteiger partial charge in [0.05, 0.1) is 24.5 Å².